The molecule has 2 aliphatic heterocycles. The Morgan fingerprint density at radius 1 is 1.32 bits per heavy atom. The molecular formula is C15H20N4O3. The number of hydrogen-bond acceptors (Lipinski definition) is 5. The number of carbonyl (C=O) groups excluding carboxylic acids is 2. The first kappa shape index (κ1) is 13.7. The monoisotopic (exact) mass is 304 g/mol. The van der Waals surface area contributed by atoms with Gasteiger partial charge in [0.15, 0.2) is 5.82 Å². The molecule has 0 spiro atoms. The second-order valence-electron chi connectivity index (χ2n) is 6.63. The minimum Gasteiger partial charge on any atom is -0.345 e. The number of hydrogen-bond donors (Lipinski definition) is 0. The van der Waals surface area contributed by atoms with Crippen molar-refractivity contribution in [3.63, 3.8) is 0 Å². The van der Waals surface area contributed by atoms with Gasteiger partial charge < -0.3 is 14.3 Å². The highest BCUT2D eigenvalue weighted by atomic mass is 16.5. The van der Waals surface area contributed by atoms with Crippen LogP contribution in [0.5, 0.6) is 0 Å². The fraction of sp³-hybridized carbons (Fsp3) is 0.733. The number of carbonyl (C=O) groups is 2. The lowest BCUT2D eigenvalue weighted by molar-refractivity contribution is -0.136. The average Bonchev–Trinajstić information content (AvgIpc) is 2.93. The molecule has 118 valence electrons. The van der Waals surface area contributed by atoms with Gasteiger partial charge in [-0.05, 0) is 25.7 Å². The quantitative estimate of drug-likeness (QED) is 0.835. The molecule has 3 heterocycles. The van der Waals surface area contributed by atoms with E-state index in [2.05, 4.69) is 10.1 Å². The molecule has 2 atom stereocenters. The summed E-state index contributed by atoms with van der Waals surface area (Å²) in [5.41, 5.74) is 0. The van der Waals surface area contributed by atoms with Crippen molar-refractivity contribution >= 4 is 11.8 Å². The molecule has 1 aromatic rings. The lowest BCUT2D eigenvalue weighted by atomic mass is 10.1. The second kappa shape index (κ2) is 5.07. The summed E-state index contributed by atoms with van der Waals surface area (Å²) >= 11 is 0. The molecule has 4 rings (SSSR count). The van der Waals surface area contributed by atoms with E-state index in [0.29, 0.717) is 37.1 Å². The Balaban J connectivity index is 1.50. The van der Waals surface area contributed by atoms with E-state index in [-0.39, 0.29) is 23.8 Å². The van der Waals surface area contributed by atoms with Crippen LogP contribution in [0.2, 0.25) is 0 Å². The number of amides is 2. The Morgan fingerprint density at radius 3 is 2.82 bits per heavy atom. The number of aromatic nitrogens is 2. The van der Waals surface area contributed by atoms with E-state index in [4.69, 9.17) is 4.52 Å². The predicted octanol–water partition coefficient (Wildman–Crippen LogP) is 1.09. The van der Waals surface area contributed by atoms with Gasteiger partial charge in [-0.1, -0.05) is 5.16 Å². The molecule has 2 amide bonds. The van der Waals surface area contributed by atoms with Gasteiger partial charge >= 0.3 is 0 Å². The molecule has 1 aromatic heterocycles. The average molecular weight is 304 g/mol. The molecule has 0 unspecified atom stereocenters. The van der Waals surface area contributed by atoms with Crippen LogP contribution in [0.3, 0.4) is 0 Å². The highest BCUT2D eigenvalue weighted by molar-refractivity contribution is 5.89. The van der Waals surface area contributed by atoms with Gasteiger partial charge in [-0.15, -0.1) is 0 Å². The summed E-state index contributed by atoms with van der Waals surface area (Å²) in [7, 11) is 1.75. The van der Waals surface area contributed by atoms with Gasteiger partial charge in [-0.25, -0.2) is 0 Å². The molecular weight excluding hydrogens is 284 g/mol. The molecule has 1 saturated carbocycles. The highest BCUT2D eigenvalue weighted by Gasteiger charge is 2.41. The zero-order chi connectivity index (χ0) is 15.3. The normalized spacial score (nSPS) is 28.7. The van der Waals surface area contributed by atoms with Crippen molar-refractivity contribution in [2.45, 2.75) is 44.1 Å². The number of nitrogens with zero attached hydrogens (tertiary/aromatic N) is 4. The summed E-state index contributed by atoms with van der Waals surface area (Å²) in [5.74, 6) is 1.64. The van der Waals surface area contributed by atoms with Gasteiger partial charge in [0.25, 0.3) is 0 Å². The van der Waals surface area contributed by atoms with Crippen LogP contribution in [-0.2, 0) is 9.59 Å². The maximum absolute atomic E-state index is 12.7. The maximum atomic E-state index is 12.7. The molecule has 3 aliphatic rings. The first-order valence-corrected chi connectivity index (χ1v) is 8.01. The van der Waals surface area contributed by atoms with Crippen molar-refractivity contribution in [3.8, 4) is 0 Å². The van der Waals surface area contributed by atoms with Crippen LogP contribution >= 0.6 is 0 Å². The molecule has 7 heteroatoms. The third-order valence-corrected chi connectivity index (χ3v) is 4.91. The molecule has 2 saturated heterocycles. The molecule has 3 fully saturated rings. The van der Waals surface area contributed by atoms with Crippen molar-refractivity contribution in [3.05, 3.63) is 11.7 Å². The van der Waals surface area contributed by atoms with E-state index in [0.717, 1.165) is 25.7 Å². The van der Waals surface area contributed by atoms with Crippen LogP contribution in [0, 0.1) is 5.92 Å². The molecule has 0 aromatic carbocycles. The van der Waals surface area contributed by atoms with E-state index in [1.807, 2.05) is 4.90 Å². The first-order valence-electron chi connectivity index (χ1n) is 8.01. The van der Waals surface area contributed by atoms with Gasteiger partial charge in [0.2, 0.25) is 17.7 Å². The minimum absolute atomic E-state index is 0.0460. The van der Waals surface area contributed by atoms with Crippen molar-refractivity contribution in [1.29, 1.82) is 0 Å². The van der Waals surface area contributed by atoms with E-state index in [1.165, 1.54) is 0 Å². The Kier molecular flexibility index (Phi) is 3.16. The van der Waals surface area contributed by atoms with Crippen LogP contribution in [-0.4, -0.2) is 51.9 Å². The maximum Gasteiger partial charge on any atom is 0.229 e. The zero-order valence-corrected chi connectivity index (χ0v) is 12.7. The molecule has 0 N–H and O–H groups in total. The summed E-state index contributed by atoms with van der Waals surface area (Å²) in [6.07, 6.45) is 4.36. The molecule has 22 heavy (non-hydrogen) atoms. The van der Waals surface area contributed by atoms with Crippen molar-refractivity contribution < 1.29 is 14.1 Å². The second-order valence-corrected chi connectivity index (χ2v) is 6.63. The first-order chi connectivity index (χ1) is 10.6. The highest BCUT2D eigenvalue weighted by Crippen LogP contribution is 2.40. The van der Waals surface area contributed by atoms with Crippen molar-refractivity contribution in [2.24, 2.45) is 5.92 Å². The van der Waals surface area contributed by atoms with Crippen LogP contribution in [0.15, 0.2) is 4.52 Å². The molecule has 7 nitrogen and oxygen atoms in total. The summed E-state index contributed by atoms with van der Waals surface area (Å²) in [5, 5.41) is 4.09. The van der Waals surface area contributed by atoms with Crippen LogP contribution in [0.1, 0.15) is 55.8 Å². The lowest BCUT2D eigenvalue weighted by Crippen LogP contribution is -2.37. The summed E-state index contributed by atoms with van der Waals surface area (Å²) in [6, 6.07) is -0.0928. The Labute approximate surface area is 128 Å². The van der Waals surface area contributed by atoms with E-state index in [9.17, 15) is 9.59 Å². The minimum atomic E-state index is -0.229. The molecule has 1 aliphatic carbocycles. The summed E-state index contributed by atoms with van der Waals surface area (Å²) in [6.45, 7) is 1.23. The van der Waals surface area contributed by atoms with Gasteiger partial charge in [-0.2, -0.15) is 4.98 Å². The summed E-state index contributed by atoms with van der Waals surface area (Å²) in [4.78, 5) is 32.4. The van der Waals surface area contributed by atoms with Gasteiger partial charge in [0, 0.05) is 32.5 Å². The zero-order valence-electron chi connectivity index (χ0n) is 12.7. The predicted molar refractivity (Wildman–Crippen MR) is 75.7 cm³/mol. The number of rotatable bonds is 3. The van der Waals surface area contributed by atoms with Crippen LogP contribution in [0.25, 0.3) is 0 Å². The smallest absolute Gasteiger partial charge is 0.229 e. The van der Waals surface area contributed by atoms with Gasteiger partial charge in [0.1, 0.15) is 0 Å². The van der Waals surface area contributed by atoms with E-state index < -0.39 is 0 Å². The molecule has 0 radical (unpaired) electrons. The van der Waals surface area contributed by atoms with E-state index in [1.54, 1.807) is 11.9 Å². The number of likely N-dealkylation sites (tertiary alicyclic amines) is 2. The lowest BCUT2D eigenvalue weighted by Gasteiger charge is -2.25. The Bertz CT molecular complexity index is 610. The van der Waals surface area contributed by atoms with Gasteiger partial charge in [0.05, 0.1) is 12.0 Å². The summed E-state index contributed by atoms with van der Waals surface area (Å²) < 4.78 is 5.33. The Morgan fingerprint density at radius 2 is 2.14 bits per heavy atom. The van der Waals surface area contributed by atoms with Crippen molar-refractivity contribution in [1.82, 2.24) is 19.9 Å². The van der Waals surface area contributed by atoms with E-state index >= 15 is 0 Å². The largest absolute Gasteiger partial charge is 0.345 e. The molecule has 0 bridgehead atoms. The standard InChI is InChI=1S/C15H20N4O3/c1-18-8-10(7-12(18)20)15(21)19-6-2-3-11(19)13-16-14(22-17-13)9-4-5-9/h9-11H,2-8H2,1H3/t10-,11+/m0/s1. The topological polar surface area (TPSA) is 79.5 Å². The van der Waals surface area contributed by atoms with Crippen LogP contribution < -0.4 is 0 Å². The third-order valence-electron chi connectivity index (χ3n) is 4.91. The van der Waals surface area contributed by atoms with Gasteiger partial charge in [-0.3, -0.25) is 9.59 Å². The fourth-order valence-corrected chi connectivity index (χ4v) is 3.44. The third kappa shape index (κ3) is 2.28. The Hall–Kier alpha value is -1.92. The fourth-order valence-electron chi connectivity index (χ4n) is 3.44. The van der Waals surface area contributed by atoms with Crippen LogP contribution in [0.4, 0.5) is 0 Å². The SMILES string of the molecule is CN1C[C@@H](C(=O)N2CCC[C@@H]2c2noc(C3CC3)n2)CC1=O. The van der Waals surface area contributed by atoms with Crippen molar-refractivity contribution in [2.75, 3.05) is 20.1 Å².